The first kappa shape index (κ1) is 22.4. The van der Waals surface area contributed by atoms with E-state index in [9.17, 15) is 14.3 Å². The molecule has 0 radical (unpaired) electrons. The standard InChI is InChI=1S/C28H18ClFN2O3/c29-19-10-6-9-18(15-19)25-28(35-27(31-25)17-7-2-1-3-8-17)32-26(34)23-12-5-4-11-21(23)22-14-13-20(30)16-24(22)33/h1-16,33H,(H,32,34). The number of amides is 1. The van der Waals surface area contributed by atoms with E-state index in [4.69, 9.17) is 16.0 Å². The first-order valence-electron chi connectivity index (χ1n) is 10.7. The minimum atomic E-state index is -0.575. The Kier molecular flexibility index (Phi) is 6.04. The zero-order valence-corrected chi connectivity index (χ0v) is 19.0. The molecule has 4 aromatic carbocycles. The van der Waals surface area contributed by atoms with Crippen LogP contribution in [0.25, 0.3) is 33.8 Å². The van der Waals surface area contributed by atoms with Crippen LogP contribution in [0.1, 0.15) is 10.4 Å². The van der Waals surface area contributed by atoms with E-state index in [1.54, 1.807) is 42.5 Å². The summed E-state index contributed by atoms with van der Waals surface area (Å²) < 4.78 is 19.5. The molecule has 7 heteroatoms. The summed E-state index contributed by atoms with van der Waals surface area (Å²) in [6, 6.07) is 26.8. The van der Waals surface area contributed by atoms with Gasteiger partial charge in [0.2, 0.25) is 11.8 Å². The van der Waals surface area contributed by atoms with Gasteiger partial charge in [-0.15, -0.1) is 0 Å². The van der Waals surface area contributed by atoms with Crippen molar-refractivity contribution in [3.63, 3.8) is 0 Å². The first-order valence-corrected chi connectivity index (χ1v) is 11.1. The maximum absolute atomic E-state index is 13.5. The molecule has 0 saturated carbocycles. The maximum atomic E-state index is 13.5. The van der Waals surface area contributed by atoms with E-state index in [-0.39, 0.29) is 17.2 Å². The third-order valence-corrected chi connectivity index (χ3v) is 5.63. The molecular weight excluding hydrogens is 467 g/mol. The van der Waals surface area contributed by atoms with Crippen molar-refractivity contribution in [3.8, 4) is 39.6 Å². The Morgan fingerprint density at radius 1 is 0.857 bits per heavy atom. The van der Waals surface area contributed by atoms with E-state index in [1.807, 2.05) is 36.4 Å². The SMILES string of the molecule is O=C(Nc1oc(-c2ccccc2)nc1-c1cccc(Cl)c1)c1ccccc1-c1ccc(F)cc1O. The van der Waals surface area contributed by atoms with Gasteiger partial charge in [0, 0.05) is 33.3 Å². The highest BCUT2D eigenvalue weighted by Crippen LogP contribution is 2.36. The first-order chi connectivity index (χ1) is 17.0. The highest BCUT2D eigenvalue weighted by Gasteiger charge is 2.22. The van der Waals surface area contributed by atoms with Crippen molar-refractivity contribution in [1.82, 2.24) is 4.98 Å². The molecule has 0 saturated heterocycles. The van der Waals surface area contributed by atoms with Crippen LogP contribution in [0.5, 0.6) is 5.75 Å². The fraction of sp³-hybridized carbons (Fsp3) is 0. The molecule has 0 spiro atoms. The molecule has 0 aliphatic carbocycles. The quantitative estimate of drug-likeness (QED) is 0.272. The van der Waals surface area contributed by atoms with Crippen LogP contribution in [0, 0.1) is 5.82 Å². The van der Waals surface area contributed by atoms with Gasteiger partial charge in [-0.05, 0) is 48.0 Å². The van der Waals surface area contributed by atoms with Gasteiger partial charge in [-0.3, -0.25) is 10.1 Å². The Morgan fingerprint density at radius 2 is 1.60 bits per heavy atom. The summed E-state index contributed by atoms with van der Waals surface area (Å²) in [4.78, 5) is 18.0. The normalized spacial score (nSPS) is 10.8. The Morgan fingerprint density at radius 3 is 2.37 bits per heavy atom. The number of halogens is 2. The van der Waals surface area contributed by atoms with Gasteiger partial charge < -0.3 is 9.52 Å². The molecule has 0 fully saturated rings. The van der Waals surface area contributed by atoms with Crippen LogP contribution in [-0.2, 0) is 0 Å². The van der Waals surface area contributed by atoms with Gasteiger partial charge in [-0.1, -0.05) is 60.1 Å². The van der Waals surface area contributed by atoms with Gasteiger partial charge in [0.1, 0.15) is 17.3 Å². The lowest BCUT2D eigenvalue weighted by Crippen LogP contribution is -2.13. The number of carbonyl (C=O) groups is 1. The summed E-state index contributed by atoms with van der Waals surface area (Å²) in [5.74, 6) is -0.844. The fourth-order valence-corrected chi connectivity index (χ4v) is 3.95. The number of nitrogens with one attached hydrogen (secondary N) is 1. The van der Waals surface area contributed by atoms with E-state index in [1.165, 1.54) is 12.1 Å². The molecule has 5 rings (SSSR count). The number of anilines is 1. The van der Waals surface area contributed by atoms with Crippen LogP contribution in [0.4, 0.5) is 10.3 Å². The van der Waals surface area contributed by atoms with E-state index in [0.29, 0.717) is 33.3 Å². The lowest BCUT2D eigenvalue weighted by atomic mass is 9.98. The molecule has 1 aromatic heterocycles. The molecule has 0 aliphatic heterocycles. The zero-order valence-electron chi connectivity index (χ0n) is 18.2. The summed E-state index contributed by atoms with van der Waals surface area (Å²) in [5.41, 5.74) is 2.87. The molecule has 0 atom stereocenters. The number of hydrogen-bond acceptors (Lipinski definition) is 4. The lowest BCUT2D eigenvalue weighted by molar-refractivity contribution is 0.102. The third-order valence-electron chi connectivity index (χ3n) is 5.39. The summed E-state index contributed by atoms with van der Waals surface area (Å²) in [6.45, 7) is 0. The summed E-state index contributed by atoms with van der Waals surface area (Å²) in [5, 5.41) is 13.6. The van der Waals surface area contributed by atoms with Crippen molar-refractivity contribution in [2.75, 3.05) is 5.32 Å². The Bertz CT molecular complexity index is 1530. The number of phenols is 1. The average molecular weight is 485 g/mol. The number of aromatic hydroxyl groups is 1. The molecule has 172 valence electrons. The molecule has 2 N–H and O–H groups in total. The maximum Gasteiger partial charge on any atom is 0.258 e. The van der Waals surface area contributed by atoms with Crippen LogP contribution in [-0.4, -0.2) is 16.0 Å². The molecule has 1 heterocycles. The van der Waals surface area contributed by atoms with Gasteiger partial charge in [-0.25, -0.2) is 9.37 Å². The van der Waals surface area contributed by atoms with Crippen molar-refractivity contribution in [3.05, 3.63) is 113 Å². The van der Waals surface area contributed by atoms with Crippen LogP contribution >= 0.6 is 11.6 Å². The largest absolute Gasteiger partial charge is 0.507 e. The number of carbonyl (C=O) groups excluding carboxylic acids is 1. The third kappa shape index (κ3) is 4.65. The molecule has 0 bridgehead atoms. The second kappa shape index (κ2) is 9.44. The summed E-state index contributed by atoms with van der Waals surface area (Å²) in [6.07, 6.45) is 0. The van der Waals surface area contributed by atoms with Crippen LogP contribution in [0.2, 0.25) is 5.02 Å². The van der Waals surface area contributed by atoms with Crippen molar-refractivity contribution < 1.29 is 18.7 Å². The van der Waals surface area contributed by atoms with Crippen molar-refractivity contribution in [2.45, 2.75) is 0 Å². The Hall–Kier alpha value is -4.42. The summed E-state index contributed by atoms with van der Waals surface area (Å²) >= 11 is 6.19. The minimum Gasteiger partial charge on any atom is -0.507 e. The van der Waals surface area contributed by atoms with E-state index in [2.05, 4.69) is 10.3 Å². The molecular formula is C28H18ClFN2O3. The molecule has 0 aliphatic rings. The average Bonchev–Trinajstić information content (AvgIpc) is 3.28. The molecule has 5 nitrogen and oxygen atoms in total. The van der Waals surface area contributed by atoms with Gasteiger partial charge in [0.25, 0.3) is 5.91 Å². The van der Waals surface area contributed by atoms with E-state index in [0.717, 1.165) is 11.6 Å². The highest BCUT2D eigenvalue weighted by molar-refractivity contribution is 6.30. The number of hydrogen-bond donors (Lipinski definition) is 2. The van der Waals surface area contributed by atoms with E-state index >= 15 is 0 Å². The van der Waals surface area contributed by atoms with Gasteiger partial charge in [0.15, 0.2) is 0 Å². The zero-order chi connectivity index (χ0) is 24.4. The second-order valence-corrected chi connectivity index (χ2v) is 8.17. The monoisotopic (exact) mass is 484 g/mol. The predicted molar refractivity (Wildman–Crippen MR) is 134 cm³/mol. The van der Waals surface area contributed by atoms with Gasteiger partial charge in [-0.2, -0.15) is 0 Å². The number of benzene rings is 4. The smallest absolute Gasteiger partial charge is 0.258 e. The van der Waals surface area contributed by atoms with Crippen molar-refractivity contribution >= 4 is 23.4 Å². The summed E-state index contributed by atoms with van der Waals surface area (Å²) in [7, 11) is 0. The predicted octanol–water partition coefficient (Wildman–Crippen LogP) is 7.43. The number of phenolic OH excluding ortho intramolecular Hbond substituents is 1. The van der Waals surface area contributed by atoms with Crippen LogP contribution in [0.3, 0.4) is 0 Å². The topological polar surface area (TPSA) is 75.4 Å². The molecule has 5 aromatic rings. The number of aromatic nitrogens is 1. The number of nitrogens with zero attached hydrogens (tertiary/aromatic N) is 1. The van der Waals surface area contributed by atoms with Crippen molar-refractivity contribution in [2.24, 2.45) is 0 Å². The Balaban J connectivity index is 1.57. The van der Waals surface area contributed by atoms with Gasteiger partial charge >= 0.3 is 0 Å². The molecule has 0 unspecified atom stereocenters. The lowest BCUT2D eigenvalue weighted by Gasteiger charge is -2.11. The fourth-order valence-electron chi connectivity index (χ4n) is 3.76. The van der Waals surface area contributed by atoms with Crippen LogP contribution in [0.15, 0.2) is 101 Å². The van der Waals surface area contributed by atoms with E-state index < -0.39 is 11.7 Å². The molecule has 35 heavy (non-hydrogen) atoms. The minimum absolute atomic E-state index is 0.147. The molecule has 1 amide bonds. The second-order valence-electron chi connectivity index (χ2n) is 7.73. The highest BCUT2D eigenvalue weighted by atomic mass is 35.5. The van der Waals surface area contributed by atoms with Gasteiger partial charge in [0.05, 0.1) is 0 Å². The van der Waals surface area contributed by atoms with Crippen LogP contribution < -0.4 is 5.32 Å². The number of oxazole rings is 1. The number of rotatable bonds is 5. The Labute approximate surface area is 205 Å². The van der Waals surface area contributed by atoms with Crippen molar-refractivity contribution in [1.29, 1.82) is 0 Å².